The van der Waals surface area contributed by atoms with E-state index in [2.05, 4.69) is 6.92 Å². The lowest BCUT2D eigenvalue weighted by Gasteiger charge is -2.09. The van der Waals surface area contributed by atoms with Crippen LogP contribution in [0.1, 0.15) is 43.5 Å². The van der Waals surface area contributed by atoms with Gasteiger partial charge in [0, 0.05) is 17.2 Å². The average Bonchev–Trinajstić information content (AvgIpc) is 2.52. The lowest BCUT2D eigenvalue weighted by atomic mass is 10.0. The molecule has 116 valence electrons. The molecule has 0 saturated heterocycles. The third-order valence-electron chi connectivity index (χ3n) is 3.56. The Morgan fingerprint density at radius 2 is 1.82 bits per heavy atom. The van der Waals surface area contributed by atoms with Gasteiger partial charge in [-0.2, -0.15) is 0 Å². The first kappa shape index (κ1) is 16.2. The lowest BCUT2D eigenvalue weighted by molar-refractivity contribution is 0.101. The van der Waals surface area contributed by atoms with Gasteiger partial charge < -0.3 is 4.74 Å². The minimum Gasteiger partial charge on any atom is -0.493 e. The third kappa shape index (κ3) is 4.17. The molecule has 22 heavy (non-hydrogen) atoms. The predicted octanol–water partition coefficient (Wildman–Crippen LogP) is 5.26. The van der Waals surface area contributed by atoms with Crippen LogP contribution in [-0.2, 0) is 0 Å². The first-order chi connectivity index (χ1) is 10.6. The second-order valence-electron chi connectivity index (χ2n) is 5.33. The number of halogens is 1. The molecule has 0 atom stereocenters. The number of ketones is 1. The second kappa shape index (κ2) is 7.74. The van der Waals surface area contributed by atoms with Crippen molar-refractivity contribution in [2.45, 2.75) is 33.1 Å². The van der Waals surface area contributed by atoms with E-state index in [1.807, 2.05) is 0 Å². The number of benzene rings is 2. The summed E-state index contributed by atoms with van der Waals surface area (Å²) in [5.41, 5.74) is 1.89. The largest absolute Gasteiger partial charge is 0.493 e. The summed E-state index contributed by atoms with van der Waals surface area (Å²) >= 11 is 0. The Morgan fingerprint density at radius 3 is 2.41 bits per heavy atom. The molecule has 0 heterocycles. The fourth-order valence-corrected chi connectivity index (χ4v) is 2.25. The summed E-state index contributed by atoms with van der Waals surface area (Å²) in [5, 5.41) is 0. The fraction of sp³-hybridized carbons (Fsp3) is 0.316. The highest BCUT2D eigenvalue weighted by Crippen LogP contribution is 2.26. The zero-order valence-electron chi connectivity index (χ0n) is 13.1. The SMILES string of the molecule is CCCCCOc1ccc(-c2ccc(C(C)=O)cc2)c(F)c1. The maximum Gasteiger partial charge on any atom is 0.159 e. The monoisotopic (exact) mass is 300 g/mol. The number of carbonyl (C=O) groups is 1. The molecule has 2 nitrogen and oxygen atoms in total. The molecule has 0 aliphatic carbocycles. The van der Waals surface area contributed by atoms with E-state index in [0.29, 0.717) is 23.5 Å². The topological polar surface area (TPSA) is 26.3 Å². The second-order valence-corrected chi connectivity index (χ2v) is 5.33. The van der Waals surface area contributed by atoms with E-state index in [1.54, 1.807) is 36.4 Å². The number of rotatable bonds is 7. The molecule has 0 amide bonds. The van der Waals surface area contributed by atoms with Gasteiger partial charge in [0.05, 0.1) is 6.61 Å². The molecule has 0 aliphatic heterocycles. The van der Waals surface area contributed by atoms with Crippen molar-refractivity contribution in [1.82, 2.24) is 0 Å². The molecule has 0 aromatic heterocycles. The van der Waals surface area contributed by atoms with Gasteiger partial charge in [-0.1, -0.05) is 44.0 Å². The standard InChI is InChI=1S/C19H21FO2/c1-3-4-5-12-22-17-10-11-18(19(20)13-17)16-8-6-15(7-9-16)14(2)21/h6-11,13H,3-5,12H2,1-2H3. The number of unbranched alkanes of at least 4 members (excludes halogenated alkanes) is 2. The Balaban J connectivity index is 2.10. The number of Topliss-reactive ketones (excluding diaryl/α,β-unsaturated/α-hetero) is 1. The molecule has 2 rings (SSSR count). The van der Waals surface area contributed by atoms with Crippen molar-refractivity contribution in [2.75, 3.05) is 6.61 Å². The van der Waals surface area contributed by atoms with E-state index in [-0.39, 0.29) is 11.6 Å². The Hall–Kier alpha value is -2.16. The van der Waals surface area contributed by atoms with Gasteiger partial charge in [0.25, 0.3) is 0 Å². The van der Waals surface area contributed by atoms with E-state index in [9.17, 15) is 9.18 Å². The van der Waals surface area contributed by atoms with Crippen LogP contribution >= 0.6 is 0 Å². The highest BCUT2D eigenvalue weighted by Gasteiger charge is 2.08. The molecule has 2 aromatic carbocycles. The van der Waals surface area contributed by atoms with Crippen molar-refractivity contribution < 1.29 is 13.9 Å². The van der Waals surface area contributed by atoms with Crippen LogP contribution in [0.2, 0.25) is 0 Å². The zero-order chi connectivity index (χ0) is 15.9. The molecule has 0 N–H and O–H groups in total. The van der Waals surface area contributed by atoms with E-state index < -0.39 is 0 Å². The predicted molar refractivity (Wildman–Crippen MR) is 86.9 cm³/mol. The quantitative estimate of drug-likeness (QED) is 0.514. The summed E-state index contributed by atoms with van der Waals surface area (Å²) in [6, 6.07) is 11.9. The Morgan fingerprint density at radius 1 is 1.09 bits per heavy atom. The summed E-state index contributed by atoms with van der Waals surface area (Å²) in [5.74, 6) is 0.240. The summed E-state index contributed by atoms with van der Waals surface area (Å²) in [6.07, 6.45) is 3.22. The molecule has 2 aromatic rings. The Bertz CT molecular complexity index is 632. The summed E-state index contributed by atoms with van der Waals surface area (Å²) in [7, 11) is 0. The van der Waals surface area contributed by atoms with E-state index >= 15 is 0 Å². The summed E-state index contributed by atoms with van der Waals surface area (Å²) in [4.78, 5) is 11.3. The lowest BCUT2D eigenvalue weighted by Crippen LogP contribution is -1.98. The van der Waals surface area contributed by atoms with Crippen LogP contribution in [0.25, 0.3) is 11.1 Å². The molecule has 0 radical (unpaired) electrons. The van der Waals surface area contributed by atoms with Crippen LogP contribution in [0.4, 0.5) is 4.39 Å². The van der Waals surface area contributed by atoms with Crippen LogP contribution in [0.3, 0.4) is 0 Å². The van der Waals surface area contributed by atoms with E-state index in [4.69, 9.17) is 4.74 Å². The molecular weight excluding hydrogens is 279 g/mol. The van der Waals surface area contributed by atoms with Crippen LogP contribution in [-0.4, -0.2) is 12.4 Å². The van der Waals surface area contributed by atoms with Crippen LogP contribution in [0.5, 0.6) is 5.75 Å². The molecule has 0 aliphatic rings. The average molecular weight is 300 g/mol. The zero-order valence-corrected chi connectivity index (χ0v) is 13.1. The maximum atomic E-state index is 14.2. The number of hydrogen-bond acceptors (Lipinski definition) is 2. The summed E-state index contributed by atoms with van der Waals surface area (Å²) in [6.45, 7) is 4.26. The minimum atomic E-state index is -0.316. The van der Waals surface area contributed by atoms with Crippen molar-refractivity contribution in [3.05, 3.63) is 53.8 Å². The van der Waals surface area contributed by atoms with Crippen LogP contribution < -0.4 is 4.74 Å². The molecular formula is C19H21FO2. The first-order valence-electron chi connectivity index (χ1n) is 7.65. The van der Waals surface area contributed by atoms with Gasteiger partial charge in [0.2, 0.25) is 0 Å². The smallest absolute Gasteiger partial charge is 0.159 e. The highest BCUT2D eigenvalue weighted by molar-refractivity contribution is 5.94. The van der Waals surface area contributed by atoms with Gasteiger partial charge in [-0.05, 0) is 31.0 Å². The van der Waals surface area contributed by atoms with Crippen molar-refractivity contribution in [1.29, 1.82) is 0 Å². The maximum absolute atomic E-state index is 14.2. The molecule has 0 fully saturated rings. The third-order valence-corrected chi connectivity index (χ3v) is 3.56. The van der Waals surface area contributed by atoms with Crippen LogP contribution in [0, 0.1) is 5.82 Å². The van der Waals surface area contributed by atoms with Gasteiger partial charge in [-0.3, -0.25) is 4.79 Å². The van der Waals surface area contributed by atoms with Crippen molar-refractivity contribution in [3.63, 3.8) is 0 Å². The molecule has 0 bridgehead atoms. The van der Waals surface area contributed by atoms with Crippen molar-refractivity contribution >= 4 is 5.78 Å². The highest BCUT2D eigenvalue weighted by atomic mass is 19.1. The first-order valence-corrected chi connectivity index (χ1v) is 7.65. The van der Waals surface area contributed by atoms with Gasteiger partial charge >= 0.3 is 0 Å². The van der Waals surface area contributed by atoms with Gasteiger partial charge in [-0.15, -0.1) is 0 Å². The Kier molecular flexibility index (Phi) is 5.70. The van der Waals surface area contributed by atoms with Crippen molar-refractivity contribution in [2.24, 2.45) is 0 Å². The molecule has 0 spiro atoms. The summed E-state index contributed by atoms with van der Waals surface area (Å²) < 4.78 is 19.8. The normalized spacial score (nSPS) is 10.5. The number of carbonyl (C=O) groups excluding carboxylic acids is 1. The van der Waals surface area contributed by atoms with E-state index in [0.717, 1.165) is 24.8 Å². The molecule has 0 unspecified atom stereocenters. The molecule has 3 heteroatoms. The van der Waals surface area contributed by atoms with Gasteiger partial charge in [0.1, 0.15) is 11.6 Å². The Labute approximate surface area is 130 Å². The number of ether oxygens (including phenoxy) is 1. The molecule has 0 saturated carbocycles. The fourth-order valence-electron chi connectivity index (χ4n) is 2.25. The van der Waals surface area contributed by atoms with Gasteiger partial charge in [0.15, 0.2) is 5.78 Å². The van der Waals surface area contributed by atoms with Crippen LogP contribution in [0.15, 0.2) is 42.5 Å². The number of hydrogen-bond donors (Lipinski definition) is 0. The van der Waals surface area contributed by atoms with E-state index in [1.165, 1.54) is 13.0 Å². The minimum absolute atomic E-state index is 0.00264. The van der Waals surface area contributed by atoms with Gasteiger partial charge in [-0.25, -0.2) is 4.39 Å². The van der Waals surface area contributed by atoms with Crippen molar-refractivity contribution in [3.8, 4) is 16.9 Å².